The Morgan fingerprint density at radius 1 is 0.974 bits per heavy atom. The number of aromatic nitrogens is 2. The van der Waals surface area contributed by atoms with Gasteiger partial charge >= 0.3 is 18.1 Å². The van der Waals surface area contributed by atoms with Crippen LogP contribution < -0.4 is 0 Å². The number of aliphatic carboxylic acids is 1. The molecule has 0 saturated carbocycles. The van der Waals surface area contributed by atoms with E-state index in [1.807, 2.05) is 36.4 Å². The third-order valence-corrected chi connectivity index (χ3v) is 6.38. The number of hydrogen-bond donors (Lipinski definition) is 3. The van der Waals surface area contributed by atoms with Gasteiger partial charge in [0.2, 0.25) is 0 Å². The molecule has 3 N–H and O–H groups in total. The number of fused-ring (bicyclic) bond motifs is 1. The van der Waals surface area contributed by atoms with E-state index in [1.54, 1.807) is 19.1 Å². The van der Waals surface area contributed by atoms with Crippen LogP contribution in [-0.2, 0) is 11.3 Å². The smallest absolute Gasteiger partial charge is 0.478 e. The lowest BCUT2D eigenvalue weighted by molar-refractivity contribution is -0.192. The summed E-state index contributed by atoms with van der Waals surface area (Å²) in [6.45, 7) is 4.65. The number of hydrogen-bond acceptors (Lipinski definition) is 4. The minimum atomic E-state index is -5.08. The van der Waals surface area contributed by atoms with Gasteiger partial charge in [0, 0.05) is 12.1 Å². The number of aromatic amines is 1. The Hall–Kier alpha value is -4.25. The van der Waals surface area contributed by atoms with E-state index < -0.39 is 18.1 Å². The number of nitrogens with one attached hydrogen (secondary N) is 1. The SMILES string of the molecule is Cc1nc2c(C(=O)O)cc(-c3ccc(-c4c(F)cccc4CN4CCCC4)cc3)cc2[nH]1.O=C(O)C(F)(F)F. The van der Waals surface area contributed by atoms with E-state index in [0.717, 1.165) is 41.9 Å². The van der Waals surface area contributed by atoms with E-state index in [9.17, 15) is 27.5 Å². The number of imidazole rings is 1. The number of aromatic carboxylic acids is 1. The van der Waals surface area contributed by atoms with Crippen molar-refractivity contribution in [3.63, 3.8) is 0 Å². The molecule has 5 rings (SSSR count). The van der Waals surface area contributed by atoms with Crippen LogP contribution in [0.3, 0.4) is 0 Å². The van der Waals surface area contributed by atoms with E-state index >= 15 is 0 Å². The minimum absolute atomic E-state index is 0.160. The van der Waals surface area contributed by atoms with Crippen molar-refractivity contribution in [3.05, 3.63) is 77.4 Å². The highest BCUT2D eigenvalue weighted by Gasteiger charge is 2.38. The highest BCUT2D eigenvalue weighted by molar-refractivity contribution is 6.03. The summed E-state index contributed by atoms with van der Waals surface area (Å²) in [5, 5.41) is 16.8. The Morgan fingerprint density at radius 2 is 1.59 bits per heavy atom. The van der Waals surface area contributed by atoms with Crippen molar-refractivity contribution in [1.82, 2.24) is 14.9 Å². The Labute approximate surface area is 220 Å². The van der Waals surface area contributed by atoms with Crippen LogP contribution in [0.2, 0.25) is 0 Å². The molecule has 11 heteroatoms. The molecule has 0 atom stereocenters. The molecule has 0 unspecified atom stereocenters. The molecular formula is C28H25F4N3O4. The van der Waals surface area contributed by atoms with Gasteiger partial charge in [-0.05, 0) is 73.3 Å². The number of aryl methyl sites for hydroxylation is 1. The summed E-state index contributed by atoms with van der Waals surface area (Å²) < 4.78 is 46.6. The first-order valence-electron chi connectivity index (χ1n) is 12.1. The van der Waals surface area contributed by atoms with E-state index in [-0.39, 0.29) is 11.4 Å². The predicted molar refractivity (Wildman–Crippen MR) is 137 cm³/mol. The van der Waals surface area contributed by atoms with Crippen molar-refractivity contribution in [3.8, 4) is 22.3 Å². The first-order chi connectivity index (χ1) is 18.4. The summed E-state index contributed by atoms with van der Waals surface area (Å²) in [6, 6.07) is 16.5. The third-order valence-electron chi connectivity index (χ3n) is 6.38. The van der Waals surface area contributed by atoms with Crippen molar-refractivity contribution in [1.29, 1.82) is 0 Å². The zero-order valence-electron chi connectivity index (χ0n) is 20.8. The van der Waals surface area contributed by atoms with Crippen molar-refractivity contribution in [2.45, 2.75) is 32.5 Å². The molecule has 2 heterocycles. The van der Waals surface area contributed by atoms with Crippen LogP contribution in [0.1, 0.15) is 34.6 Å². The summed E-state index contributed by atoms with van der Waals surface area (Å²) in [5.74, 6) is -3.33. The van der Waals surface area contributed by atoms with Crippen LogP contribution in [0.5, 0.6) is 0 Å². The third kappa shape index (κ3) is 6.43. The molecule has 3 aromatic carbocycles. The molecule has 0 spiro atoms. The molecule has 1 aliphatic rings. The lowest BCUT2D eigenvalue weighted by Crippen LogP contribution is -2.21. The van der Waals surface area contributed by atoms with Gasteiger partial charge in [0.15, 0.2) is 0 Å². The first-order valence-corrected chi connectivity index (χ1v) is 12.1. The van der Waals surface area contributed by atoms with Gasteiger partial charge in [-0.3, -0.25) is 4.90 Å². The average molecular weight is 544 g/mol. The predicted octanol–water partition coefficient (Wildman–Crippen LogP) is 6.27. The summed E-state index contributed by atoms with van der Waals surface area (Å²) in [5.41, 5.74) is 5.38. The number of alkyl halides is 3. The summed E-state index contributed by atoms with van der Waals surface area (Å²) in [7, 11) is 0. The maximum atomic E-state index is 14.9. The molecule has 1 saturated heterocycles. The average Bonchev–Trinajstić information content (AvgIpc) is 3.52. The number of rotatable bonds is 5. The van der Waals surface area contributed by atoms with Crippen LogP contribution in [0.4, 0.5) is 17.6 Å². The Morgan fingerprint density at radius 3 is 2.18 bits per heavy atom. The molecule has 1 aliphatic heterocycles. The van der Waals surface area contributed by atoms with Gasteiger partial charge in [-0.2, -0.15) is 13.2 Å². The van der Waals surface area contributed by atoms with Crippen molar-refractivity contribution in [2.75, 3.05) is 13.1 Å². The Kier molecular flexibility index (Phi) is 8.01. The number of likely N-dealkylation sites (tertiary alicyclic amines) is 1. The second-order valence-corrected chi connectivity index (χ2v) is 9.18. The maximum absolute atomic E-state index is 14.9. The van der Waals surface area contributed by atoms with Crippen LogP contribution in [0.15, 0.2) is 54.6 Å². The quantitative estimate of drug-likeness (QED) is 0.256. The lowest BCUT2D eigenvalue weighted by Gasteiger charge is -2.18. The fraction of sp³-hybridized carbons (Fsp3) is 0.250. The van der Waals surface area contributed by atoms with E-state index in [0.29, 0.717) is 22.4 Å². The molecule has 0 radical (unpaired) electrons. The first kappa shape index (κ1) is 27.8. The van der Waals surface area contributed by atoms with Gasteiger partial charge in [-0.1, -0.05) is 36.4 Å². The van der Waals surface area contributed by atoms with E-state index in [1.165, 1.54) is 18.9 Å². The van der Waals surface area contributed by atoms with Crippen molar-refractivity contribution >= 4 is 23.0 Å². The van der Waals surface area contributed by atoms with Gasteiger partial charge in [0.25, 0.3) is 0 Å². The second-order valence-electron chi connectivity index (χ2n) is 9.18. The molecular weight excluding hydrogens is 518 g/mol. The van der Waals surface area contributed by atoms with Gasteiger partial charge < -0.3 is 15.2 Å². The van der Waals surface area contributed by atoms with Crippen LogP contribution in [0.25, 0.3) is 33.3 Å². The number of benzene rings is 3. The zero-order valence-corrected chi connectivity index (χ0v) is 20.8. The lowest BCUT2D eigenvalue weighted by atomic mass is 9.95. The van der Waals surface area contributed by atoms with E-state index in [4.69, 9.17) is 9.90 Å². The molecule has 0 bridgehead atoms. The van der Waals surface area contributed by atoms with Gasteiger partial charge in [-0.25, -0.2) is 19.0 Å². The standard InChI is InChI=1S/C26H24FN3O2.C2HF3O2/c1-16-28-23-14-20(13-21(26(31)32)25(23)29-16)17-7-9-18(10-8-17)24-19(5-4-6-22(24)27)15-30-11-2-3-12-30;3-2(4,5)1(6)7/h4-10,13-14H,2-3,11-12,15H2,1H3,(H,28,29)(H,31,32);(H,6,7). The normalized spacial score (nSPS) is 13.8. The topological polar surface area (TPSA) is 107 Å². The summed E-state index contributed by atoms with van der Waals surface area (Å²) in [4.78, 5) is 30.4. The number of carboxylic acid groups (broad SMARTS) is 2. The van der Waals surface area contributed by atoms with Gasteiger partial charge in [0.1, 0.15) is 17.2 Å². The minimum Gasteiger partial charge on any atom is -0.478 e. The van der Waals surface area contributed by atoms with Crippen molar-refractivity contribution in [2.24, 2.45) is 0 Å². The molecule has 1 fully saturated rings. The molecule has 4 aromatic rings. The van der Waals surface area contributed by atoms with Crippen LogP contribution in [-0.4, -0.2) is 56.3 Å². The molecule has 7 nitrogen and oxygen atoms in total. The highest BCUT2D eigenvalue weighted by atomic mass is 19.4. The fourth-order valence-electron chi connectivity index (χ4n) is 4.61. The van der Waals surface area contributed by atoms with E-state index in [2.05, 4.69) is 14.9 Å². The molecule has 0 amide bonds. The zero-order chi connectivity index (χ0) is 28.3. The molecule has 0 aliphatic carbocycles. The van der Waals surface area contributed by atoms with Gasteiger partial charge in [-0.15, -0.1) is 0 Å². The number of nitrogens with zero attached hydrogens (tertiary/aromatic N) is 2. The van der Waals surface area contributed by atoms with Crippen LogP contribution in [0, 0.1) is 12.7 Å². The largest absolute Gasteiger partial charge is 0.490 e. The maximum Gasteiger partial charge on any atom is 0.490 e. The fourth-order valence-corrected chi connectivity index (χ4v) is 4.61. The summed E-state index contributed by atoms with van der Waals surface area (Å²) >= 11 is 0. The summed E-state index contributed by atoms with van der Waals surface area (Å²) in [6.07, 6.45) is -2.70. The van der Waals surface area contributed by atoms with Crippen LogP contribution >= 0.6 is 0 Å². The van der Waals surface area contributed by atoms with Gasteiger partial charge in [0.05, 0.1) is 11.1 Å². The van der Waals surface area contributed by atoms with Crippen molar-refractivity contribution < 1.29 is 37.4 Å². The highest BCUT2D eigenvalue weighted by Crippen LogP contribution is 2.32. The number of H-pyrrole nitrogens is 1. The molecule has 1 aromatic heterocycles. The molecule has 204 valence electrons. The Balaban J connectivity index is 0.000000448. The number of halogens is 4. The molecule has 39 heavy (non-hydrogen) atoms. The number of carboxylic acids is 2. The monoisotopic (exact) mass is 543 g/mol. The Bertz CT molecular complexity index is 1510. The second kappa shape index (κ2) is 11.2. The number of carbonyl (C=O) groups is 2.